The summed E-state index contributed by atoms with van der Waals surface area (Å²) < 4.78 is 1.23. The fourth-order valence-corrected chi connectivity index (χ4v) is 3.95. The average Bonchev–Trinajstić information content (AvgIpc) is 2.86. The fourth-order valence-electron chi connectivity index (χ4n) is 2.75. The summed E-state index contributed by atoms with van der Waals surface area (Å²) in [5, 5.41) is 2.25. The lowest BCUT2D eigenvalue weighted by Gasteiger charge is -2.36. The molecule has 20 heavy (non-hydrogen) atoms. The van der Waals surface area contributed by atoms with E-state index in [-0.39, 0.29) is 0 Å². The first-order valence-corrected chi connectivity index (χ1v) is 8.65. The molecule has 0 saturated carbocycles. The maximum Gasteiger partial charge on any atom is 0.0701 e. The van der Waals surface area contributed by atoms with Gasteiger partial charge in [-0.2, -0.15) is 0 Å². The second-order valence-corrected chi connectivity index (χ2v) is 7.60. The number of piperazine rings is 1. The Morgan fingerprint density at radius 2 is 1.90 bits per heavy atom. The van der Waals surface area contributed by atoms with Crippen molar-refractivity contribution in [2.75, 3.05) is 31.1 Å². The molecular weight excluding hydrogens is 332 g/mol. The second-order valence-electron chi connectivity index (χ2n) is 5.31. The number of hydrogen-bond donors (Lipinski definition) is 0. The molecule has 0 bridgehead atoms. The number of aryl methyl sites for hydroxylation is 1. The van der Waals surface area contributed by atoms with Crippen molar-refractivity contribution in [2.45, 2.75) is 13.5 Å². The van der Waals surface area contributed by atoms with Crippen LogP contribution in [0.3, 0.4) is 0 Å². The molecule has 2 aromatic rings. The Hall–Kier alpha value is -0.840. The summed E-state index contributed by atoms with van der Waals surface area (Å²) in [6, 6.07) is 10.9. The van der Waals surface area contributed by atoms with Crippen LogP contribution in [-0.2, 0) is 6.54 Å². The van der Waals surface area contributed by atoms with E-state index in [0.717, 1.165) is 32.7 Å². The van der Waals surface area contributed by atoms with Crippen molar-refractivity contribution in [3.63, 3.8) is 0 Å². The molecule has 1 aliphatic rings. The summed E-state index contributed by atoms with van der Waals surface area (Å²) >= 11 is 5.31. The van der Waals surface area contributed by atoms with Crippen LogP contribution in [-0.4, -0.2) is 31.1 Å². The molecule has 1 saturated heterocycles. The van der Waals surface area contributed by atoms with Gasteiger partial charge in [-0.15, -0.1) is 11.3 Å². The predicted molar refractivity (Wildman–Crippen MR) is 90.7 cm³/mol. The first-order chi connectivity index (χ1) is 9.72. The zero-order valence-electron chi connectivity index (χ0n) is 11.7. The predicted octanol–water partition coefficient (Wildman–Crippen LogP) is 4.14. The van der Waals surface area contributed by atoms with E-state index in [1.165, 1.54) is 20.6 Å². The van der Waals surface area contributed by atoms with Crippen LogP contribution >= 0.6 is 27.3 Å². The summed E-state index contributed by atoms with van der Waals surface area (Å²) in [5.41, 5.74) is 4.19. The quantitative estimate of drug-likeness (QED) is 0.820. The van der Waals surface area contributed by atoms with Gasteiger partial charge in [-0.3, -0.25) is 4.90 Å². The van der Waals surface area contributed by atoms with Crippen molar-refractivity contribution in [1.29, 1.82) is 0 Å². The van der Waals surface area contributed by atoms with Crippen LogP contribution in [0.4, 0.5) is 5.69 Å². The van der Waals surface area contributed by atoms with Gasteiger partial charge in [0.25, 0.3) is 0 Å². The standard InChI is InChI=1S/C16H19BrN2S/c1-13-4-2-3-5-15(13)19-8-6-18(7-9-19)11-14-10-16(17)20-12-14/h2-5,10,12H,6-9,11H2,1H3. The van der Waals surface area contributed by atoms with Gasteiger partial charge in [-0.25, -0.2) is 0 Å². The summed E-state index contributed by atoms with van der Waals surface area (Å²) in [6.07, 6.45) is 0. The molecule has 0 unspecified atom stereocenters. The third kappa shape index (κ3) is 3.25. The molecule has 0 aliphatic carbocycles. The number of halogens is 1. The van der Waals surface area contributed by atoms with Crippen molar-refractivity contribution in [3.8, 4) is 0 Å². The van der Waals surface area contributed by atoms with Gasteiger partial charge >= 0.3 is 0 Å². The first kappa shape index (κ1) is 14.1. The van der Waals surface area contributed by atoms with E-state index in [2.05, 4.69) is 68.4 Å². The maximum absolute atomic E-state index is 3.54. The molecule has 0 atom stereocenters. The highest BCUT2D eigenvalue weighted by Gasteiger charge is 2.18. The van der Waals surface area contributed by atoms with Gasteiger partial charge < -0.3 is 4.90 Å². The molecule has 2 nitrogen and oxygen atoms in total. The van der Waals surface area contributed by atoms with Gasteiger partial charge in [0, 0.05) is 38.4 Å². The molecule has 1 aliphatic heterocycles. The molecule has 1 aromatic carbocycles. The number of para-hydroxylation sites is 1. The third-order valence-corrected chi connectivity index (χ3v) is 5.41. The Balaban J connectivity index is 1.58. The van der Waals surface area contributed by atoms with Gasteiger partial charge in [-0.05, 0) is 51.5 Å². The van der Waals surface area contributed by atoms with Crippen LogP contribution in [0.25, 0.3) is 0 Å². The fraction of sp³-hybridized carbons (Fsp3) is 0.375. The zero-order chi connectivity index (χ0) is 13.9. The molecule has 2 heterocycles. The van der Waals surface area contributed by atoms with Gasteiger partial charge in [0.15, 0.2) is 0 Å². The SMILES string of the molecule is Cc1ccccc1N1CCN(Cc2csc(Br)c2)CC1. The highest BCUT2D eigenvalue weighted by Crippen LogP contribution is 2.24. The van der Waals surface area contributed by atoms with E-state index in [4.69, 9.17) is 0 Å². The van der Waals surface area contributed by atoms with Gasteiger partial charge in [0.2, 0.25) is 0 Å². The smallest absolute Gasteiger partial charge is 0.0701 e. The van der Waals surface area contributed by atoms with Crippen molar-refractivity contribution >= 4 is 33.0 Å². The van der Waals surface area contributed by atoms with Crippen LogP contribution in [0.15, 0.2) is 39.5 Å². The lowest BCUT2D eigenvalue weighted by atomic mass is 10.1. The van der Waals surface area contributed by atoms with Gasteiger partial charge in [-0.1, -0.05) is 18.2 Å². The van der Waals surface area contributed by atoms with Crippen LogP contribution < -0.4 is 4.90 Å². The molecule has 0 radical (unpaired) electrons. The van der Waals surface area contributed by atoms with Crippen molar-refractivity contribution < 1.29 is 0 Å². The number of thiophene rings is 1. The number of anilines is 1. The normalized spacial score (nSPS) is 16.6. The molecule has 1 aromatic heterocycles. The van der Waals surface area contributed by atoms with Crippen LogP contribution in [0, 0.1) is 6.92 Å². The largest absolute Gasteiger partial charge is 0.369 e. The monoisotopic (exact) mass is 350 g/mol. The molecular formula is C16H19BrN2S. The molecule has 1 fully saturated rings. The van der Waals surface area contributed by atoms with E-state index in [9.17, 15) is 0 Å². The number of benzene rings is 1. The van der Waals surface area contributed by atoms with E-state index < -0.39 is 0 Å². The zero-order valence-corrected chi connectivity index (χ0v) is 14.1. The van der Waals surface area contributed by atoms with Crippen LogP contribution in [0.2, 0.25) is 0 Å². The number of rotatable bonds is 3. The van der Waals surface area contributed by atoms with Crippen molar-refractivity contribution in [1.82, 2.24) is 4.90 Å². The second kappa shape index (κ2) is 6.29. The first-order valence-electron chi connectivity index (χ1n) is 6.98. The Kier molecular flexibility index (Phi) is 4.44. The molecule has 4 heteroatoms. The summed E-state index contributed by atoms with van der Waals surface area (Å²) in [7, 11) is 0. The highest BCUT2D eigenvalue weighted by atomic mass is 79.9. The third-order valence-electron chi connectivity index (χ3n) is 3.86. The molecule has 0 N–H and O–H groups in total. The molecule has 0 spiro atoms. The van der Waals surface area contributed by atoms with Crippen LogP contribution in [0.1, 0.15) is 11.1 Å². The lowest BCUT2D eigenvalue weighted by Crippen LogP contribution is -2.46. The Bertz CT molecular complexity index is 573. The van der Waals surface area contributed by atoms with E-state index >= 15 is 0 Å². The van der Waals surface area contributed by atoms with Crippen LogP contribution in [0.5, 0.6) is 0 Å². The Morgan fingerprint density at radius 1 is 1.15 bits per heavy atom. The molecule has 3 rings (SSSR count). The van der Waals surface area contributed by atoms with Gasteiger partial charge in [0.1, 0.15) is 0 Å². The van der Waals surface area contributed by atoms with Crippen molar-refractivity contribution in [2.24, 2.45) is 0 Å². The van der Waals surface area contributed by atoms with E-state index in [1.807, 2.05) is 0 Å². The van der Waals surface area contributed by atoms with E-state index in [0.29, 0.717) is 0 Å². The number of hydrogen-bond acceptors (Lipinski definition) is 3. The topological polar surface area (TPSA) is 6.48 Å². The molecule has 0 amide bonds. The minimum atomic E-state index is 1.07. The average molecular weight is 351 g/mol. The minimum absolute atomic E-state index is 1.07. The summed E-state index contributed by atoms with van der Waals surface area (Å²) in [4.78, 5) is 5.05. The van der Waals surface area contributed by atoms with Gasteiger partial charge in [0.05, 0.1) is 3.79 Å². The van der Waals surface area contributed by atoms with E-state index in [1.54, 1.807) is 11.3 Å². The Morgan fingerprint density at radius 3 is 2.55 bits per heavy atom. The summed E-state index contributed by atoms with van der Waals surface area (Å²) in [5.74, 6) is 0. The highest BCUT2D eigenvalue weighted by molar-refractivity contribution is 9.11. The summed E-state index contributed by atoms with van der Waals surface area (Å²) in [6.45, 7) is 7.80. The maximum atomic E-state index is 3.54. The minimum Gasteiger partial charge on any atom is -0.369 e. The van der Waals surface area contributed by atoms with Crippen molar-refractivity contribution in [3.05, 3.63) is 50.6 Å². The molecule has 106 valence electrons. The Labute approximate surface area is 133 Å². The number of nitrogens with zero attached hydrogens (tertiary/aromatic N) is 2. The lowest BCUT2D eigenvalue weighted by molar-refractivity contribution is 0.250.